The highest BCUT2D eigenvalue weighted by atomic mass is 35.5. The van der Waals surface area contributed by atoms with E-state index in [1.807, 2.05) is 0 Å². The summed E-state index contributed by atoms with van der Waals surface area (Å²) in [7, 11) is 0. The summed E-state index contributed by atoms with van der Waals surface area (Å²) in [6.07, 6.45) is 0. The molecule has 1 unspecified atom stereocenters. The van der Waals surface area contributed by atoms with E-state index in [0.29, 0.717) is 0 Å². The van der Waals surface area contributed by atoms with Gasteiger partial charge in [-0.25, -0.2) is 0 Å². The molecule has 0 aromatic heterocycles. The van der Waals surface area contributed by atoms with Gasteiger partial charge in [0.1, 0.15) is 5.06 Å². The summed E-state index contributed by atoms with van der Waals surface area (Å²) in [5, 5.41) is 7.26. The fourth-order valence-corrected chi connectivity index (χ4v) is 0. The van der Waals surface area contributed by atoms with Gasteiger partial charge in [0.25, 0.3) is 0 Å². The van der Waals surface area contributed by atoms with Crippen LogP contribution in [0.25, 0.3) is 0 Å². The standard InChI is InChI=1S/C3H8ClNO/c1-3(4,6)2-5/h6H,2,5H2,1H3. The molecule has 0 fully saturated rings. The van der Waals surface area contributed by atoms with Crippen LogP contribution < -0.4 is 5.73 Å². The van der Waals surface area contributed by atoms with Crippen molar-refractivity contribution >= 4 is 11.6 Å². The Bertz CT molecular complexity index is 40.5. The fourth-order valence-electron chi connectivity index (χ4n) is 0. The van der Waals surface area contributed by atoms with Gasteiger partial charge in [0.2, 0.25) is 0 Å². The van der Waals surface area contributed by atoms with Gasteiger partial charge in [-0.05, 0) is 6.92 Å². The van der Waals surface area contributed by atoms with Crippen LogP contribution >= 0.6 is 11.6 Å². The molecule has 3 heteroatoms. The van der Waals surface area contributed by atoms with E-state index in [0.717, 1.165) is 0 Å². The number of alkyl halides is 1. The molecule has 38 valence electrons. The van der Waals surface area contributed by atoms with Crippen molar-refractivity contribution < 1.29 is 5.11 Å². The average molecular weight is 110 g/mol. The summed E-state index contributed by atoms with van der Waals surface area (Å²) in [6.45, 7) is 1.53. The van der Waals surface area contributed by atoms with Crippen molar-refractivity contribution in [3.05, 3.63) is 0 Å². The maximum absolute atomic E-state index is 8.47. The van der Waals surface area contributed by atoms with Gasteiger partial charge in [-0.1, -0.05) is 11.6 Å². The van der Waals surface area contributed by atoms with Crippen LogP contribution in [-0.2, 0) is 0 Å². The molecule has 0 bridgehead atoms. The third-order valence-corrected chi connectivity index (χ3v) is 0.527. The van der Waals surface area contributed by atoms with E-state index in [4.69, 9.17) is 22.4 Å². The lowest BCUT2D eigenvalue weighted by molar-refractivity contribution is 0.158. The van der Waals surface area contributed by atoms with Crippen molar-refractivity contribution in [2.75, 3.05) is 6.54 Å². The summed E-state index contributed by atoms with van der Waals surface area (Å²) >= 11 is 5.15. The van der Waals surface area contributed by atoms with E-state index in [-0.39, 0.29) is 6.54 Å². The molecule has 0 heterocycles. The van der Waals surface area contributed by atoms with E-state index < -0.39 is 5.06 Å². The van der Waals surface area contributed by atoms with Crippen LogP contribution in [0.2, 0.25) is 0 Å². The predicted molar refractivity (Wildman–Crippen MR) is 25.5 cm³/mol. The highest BCUT2D eigenvalue weighted by Gasteiger charge is 2.09. The Kier molecular flexibility index (Phi) is 1.84. The van der Waals surface area contributed by atoms with Crippen molar-refractivity contribution in [2.45, 2.75) is 12.0 Å². The Hall–Kier alpha value is 0.210. The SMILES string of the molecule is CC(O)(Cl)CN. The van der Waals surface area contributed by atoms with Gasteiger partial charge in [-0.2, -0.15) is 0 Å². The van der Waals surface area contributed by atoms with E-state index in [1.165, 1.54) is 6.92 Å². The van der Waals surface area contributed by atoms with Crippen molar-refractivity contribution in [1.82, 2.24) is 0 Å². The van der Waals surface area contributed by atoms with E-state index in [1.54, 1.807) is 0 Å². The van der Waals surface area contributed by atoms with Crippen molar-refractivity contribution in [3.8, 4) is 0 Å². The van der Waals surface area contributed by atoms with E-state index in [9.17, 15) is 0 Å². The summed E-state index contributed by atoms with van der Waals surface area (Å²) in [4.78, 5) is 0. The molecule has 0 radical (unpaired) electrons. The third-order valence-electron chi connectivity index (χ3n) is 0.373. The third kappa shape index (κ3) is 4.21. The zero-order chi connectivity index (χ0) is 5.21. The Labute approximate surface area is 41.9 Å². The average Bonchev–Trinajstić information content (AvgIpc) is 1.35. The summed E-state index contributed by atoms with van der Waals surface area (Å²) in [5.74, 6) is 0. The van der Waals surface area contributed by atoms with Crippen LogP contribution in [0.1, 0.15) is 6.92 Å². The molecule has 6 heavy (non-hydrogen) atoms. The first kappa shape index (κ1) is 6.21. The highest BCUT2D eigenvalue weighted by molar-refractivity contribution is 6.22. The van der Waals surface area contributed by atoms with Gasteiger partial charge in [-0.15, -0.1) is 0 Å². The van der Waals surface area contributed by atoms with Gasteiger partial charge in [-0.3, -0.25) is 0 Å². The fraction of sp³-hybridized carbons (Fsp3) is 1.00. The number of rotatable bonds is 1. The first-order chi connectivity index (χ1) is 2.56. The molecule has 0 aliphatic rings. The number of hydrogen-bond acceptors (Lipinski definition) is 2. The Morgan fingerprint density at radius 3 is 2.17 bits per heavy atom. The predicted octanol–water partition coefficient (Wildman–Crippen LogP) is -0.108. The second kappa shape index (κ2) is 1.78. The van der Waals surface area contributed by atoms with Gasteiger partial charge < -0.3 is 10.8 Å². The molecular formula is C3H8ClNO. The van der Waals surface area contributed by atoms with Crippen molar-refractivity contribution in [3.63, 3.8) is 0 Å². The lowest BCUT2D eigenvalue weighted by atomic mass is 10.4. The molecule has 0 aromatic carbocycles. The lowest BCUT2D eigenvalue weighted by Crippen LogP contribution is -2.26. The number of halogens is 1. The Balaban J connectivity index is 3.17. The molecule has 0 spiro atoms. The van der Waals surface area contributed by atoms with Crippen LogP contribution in [0.15, 0.2) is 0 Å². The molecule has 0 aliphatic carbocycles. The zero-order valence-electron chi connectivity index (χ0n) is 3.61. The number of nitrogens with two attached hydrogens (primary N) is 1. The minimum Gasteiger partial charge on any atom is -0.374 e. The van der Waals surface area contributed by atoms with Crippen LogP contribution in [0.5, 0.6) is 0 Å². The maximum atomic E-state index is 8.47. The molecule has 0 saturated heterocycles. The lowest BCUT2D eigenvalue weighted by Gasteiger charge is -2.08. The number of aliphatic hydroxyl groups is 1. The highest BCUT2D eigenvalue weighted by Crippen LogP contribution is 2.03. The second-order valence-corrected chi connectivity index (χ2v) is 2.16. The zero-order valence-corrected chi connectivity index (χ0v) is 4.37. The van der Waals surface area contributed by atoms with Crippen LogP contribution in [0, 0.1) is 0 Å². The van der Waals surface area contributed by atoms with Gasteiger partial charge in [0.15, 0.2) is 0 Å². The summed E-state index contributed by atoms with van der Waals surface area (Å²) in [5.41, 5.74) is 4.92. The van der Waals surface area contributed by atoms with Crippen LogP contribution in [0.4, 0.5) is 0 Å². The normalized spacial score (nSPS) is 20.0. The summed E-state index contributed by atoms with van der Waals surface area (Å²) < 4.78 is 0. The minimum atomic E-state index is -1.21. The molecule has 0 aliphatic heterocycles. The number of hydrogen-bond donors (Lipinski definition) is 2. The monoisotopic (exact) mass is 109 g/mol. The summed E-state index contributed by atoms with van der Waals surface area (Å²) in [6, 6.07) is 0. The van der Waals surface area contributed by atoms with Crippen molar-refractivity contribution in [2.24, 2.45) is 5.73 Å². The molecular weight excluding hydrogens is 101 g/mol. The second-order valence-electron chi connectivity index (χ2n) is 1.35. The first-order valence-electron chi connectivity index (χ1n) is 1.67. The van der Waals surface area contributed by atoms with Gasteiger partial charge in [0, 0.05) is 6.54 Å². The maximum Gasteiger partial charge on any atom is 0.147 e. The molecule has 2 nitrogen and oxygen atoms in total. The molecule has 0 aromatic rings. The molecule has 3 N–H and O–H groups in total. The van der Waals surface area contributed by atoms with Gasteiger partial charge >= 0.3 is 0 Å². The molecule has 0 amide bonds. The van der Waals surface area contributed by atoms with E-state index >= 15 is 0 Å². The Morgan fingerprint density at radius 1 is 2.00 bits per heavy atom. The van der Waals surface area contributed by atoms with E-state index in [2.05, 4.69) is 0 Å². The quantitative estimate of drug-likeness (QED) is 0.462. The van der Waals surface area contributed by atoms with Crippen LogP contribution in [0.3, 0.4) is 0 Å². The molecule has 0 rings (SSSR count). The Morgan fingerprint density at radius 2 is 2.17 bits per heavy atom. The van der Waals surface area contributed by atoms with Gasteiger partial charge in [0.05, 0.1) is 0 Å². The van der Waals surface area contributed by atoms with Crippen molar-refractivity contribution in [1.29, 1.82) is 0 Å². The first-order valence-corrected chi connectivity index (χ1v) is 2.05. The minimum absolute atomic E-state index is 0.0918. The largest absolute Gasteiger partial charge is 0.374 e. The topological polar surface area (TPSA) is 46.2 Å². The molecule has 1 atom stereocenters. The smallest absolute Gasteiger partial charge is 0.147 e. The van der Waals surface area contributed by atoms with Crippen LogP contribution in [-0.4, -0.2) is 16.7 Å². The molecule has 0 saturated carbocycles.